The fourth-order valence-corrected chi connectivity index (χ4v) is 2.29. The van der Waals surface area contributed by atoms with Crippen LogP contribution in [-0.4, -0.2) is 12.6 Å². The van der Waals surface area contributed by atoms with Crippen LogP contribution < -0.4 is 0 Å². The minimum Gasteiger partial charge on any atom is -0.448 e. The van der Waals surface area contributed by atoms with E-state index in [2.05, 4.69) is 0 Å². The van der Waals surface area contributed by atoms with Crippen molar-refractivity contribution in [2.45, 2.75) is 4.90 Å². The molecule has 1 rings (SSSR count). The summed E-state index contributed by atoms with van der Waals surface area (Å²) in [5.74, 6) is 0. The molecule has 1 aromatic rings. The third-order valence-electron chi connectivity index (χ3n) is 1.34. The van der Waals surface area contributed by atoms with E-state index < -0.39 is 12.6 Å². The Balaban J connectivity index is 2.77. The zero-order valence-corrected chi connectivity index (χ0v) is 9.14. The van der Waals surface area contributed by atoms with Crippen LogP contribution >= 0.6 is 35.0 Å². The Hall–Kier alpha value is 0.00494. The predicted octanol–water partition coefficient (Wildman–Crippen LogP) is 4.47. The molecule has 0 spiro atoms. The van der Waals surface area contributed by atoms with Gasteiger partial charge in [0.25, 0.3) is 0 Å². The lowest BCUT2D eigenvalue weighted by Gasteiger charge is -2.14. The van der Waals surface area contributed by atoms with Crippen molar-refractivity contribution in [3.63, 3.8) is 0 Å². The zero-order chi connectivity index (χ0) is 10.8. The van der Waals surface area contributed by atoms with E-state index in [1.165, 1.54) is 12.1 Å². The molecular formula is C7H5BCl2F3S-. The van der Waals surface area contributed by atoms with Crippen molar-refractivity contribution < 1.29 is 12.9 Å². The lowest BCUT2D eigenvalue weighted by atomic mass is 9.98. The topological polar surface area (TPSA) is 0 Å². The lowest BCUT2D eigenvalue weighted by Crippen LogP contribution is -2.18. The van der Waals surface area contributed by atoms with Crippen LogP contribution in [0.2, 0.25) is 10.0 Å². The van der Waals surface area contributed by atoms with Crippen molar-refractivity contribution in [2.75, 3.05) is 5.65 Å². The first-order valence-corrected chi connectivity index (χ1v) is 5.42. The van der Waals surface area contributed by atoms with Crippen LogP contribution in [0.15, 0.2) is 23.1 Å². The first kappa shape index (κ1) is 12.1. The molecule has 0 aliphatic carbocycles. The van der Waals surface area contributed by atoms with Crippen molar-refractivity contribution in [1.29, 1.82) is 0 Å². The number of halogens is 5. The van der Waals surface area contributed by atoms with Crippen LogP contribution in [0.25, 0.3) is 0 Å². The smallest absolute Gasteiger partial charge is 0.448 e. The third kappa shape index (κ3) is 3.63. The molecule has 0 aliphatic rings. The van der Waals surface area contributed by atoms with Gasteiger partial charge in [-0.2, -0.15) is 11.8 Å². The minimum absolute atomic E-state index is 0.252. The van der Waals surface area contributed by atoms with E-state index in [0.717, 1.165) is 0 Å². The Morgan fingerprint density at radius 1 is 1.14 bits per heavy atom. The maximum Gasteiger partial charge on any atom is 0.488 e. The average molecular weight is 260 g/mol. The van der Waals surface area contributed by atoms with Gasteiger partial charge in [-0.1, -0.05) is 29.3 Å². The third-order valence-corrected chi connectivity index (χ3v) is 3.46. The fraction of sp³-hybridized carbons (Fsp3) is 0.143. The molecule has 78 valence electrons. The van der Waals surface area contributed by atoms with Gasteiger partial charge in [0.2, 0.25) is 0 Å². The predicted molar refractivity (Wildman–Crippen MR) is 56.3 cm³/mol. The summed E-state index contributed by atoms with van der Waals surface area (Å²) < 4.78 is 35.9. The molecule has 0 radical (unpaired) electrons. The van der Waals surface area contributed by atoms with E-state index in [-0.39, 0.29) is 14.9 Å². The van der Waals surface area contributed by atoms with E-state index in [1.54, 1.807) is 6.07 Å². The minimum atomic E-state index is -4.81. The Kier molecular flexibility index (Phi) is 4.04. The molecular weight excluding hydrogens is 255 g/mol. The molecule has 0 N–H and O–H groups in total. The summed E-state index contributed by atoms with van der Waals surface area (Å²) >= 11 is 12.0. The Bertz CT molecular complexity index is 309. The Morgan fingerprint density at radius 2 is 1.64 bits per heavy atom. The number of thioether (sulfide) groups is 1. The first-order valence-electron chi connectivity index (χ1n) is 3.68. The van der Waals surface area contributed by atoms with E-state index in [0.29, 0.717) is 11.8 Å². The SMILES string of the molecule is F[B-](F)(F)CSc1c(Cl)cccc1Cl. The van der Waals surface area contributed by atoms with Gasteiger partial charge in [-0.05, 0) is 17.8 Å². The van der Waals surface area contributed by atoms with Gasteiger partial charge in [0.1, 0.15) is 0 Å². The number of hydrogen-bond donors (Lipinski definition) is 0. The summed E-state index contributed by atoms with van der Waals surface area (Å²) in [4.78, 5) is 0.287. The number of rotatable bonds is 3. The summed E-state index contributed by atoms with van der Waals surface area (Å²) in [5, 5.41) is 0.505. The molecule has 0 fully saturated rings. The Labute approximate surface area is 93.8 Å². The molecule has 0 saturated heterocycles. The molecule has 0 nitrogen and oxygen atoms in total. The van der Waals surface area contributed by atoms with Gasteiger partial charge in [-0.25, -0.2) is 0 Å². The highest BCUT2D eigenvalue weighted by Gasteiger charge is 2.23. The number of benzene rings is 1. The van der Waals surface area contributed by atoms with E-state index in [4.69, 9.17) is 23.2 Å². The quantitative estimate of drug-likeness (QED) is 0.570. The van der Waals surface area contributed by atoms with E-state index in [1.807, 2.05) is 0 Å². The molecule has 7 heteroatoms. The van der Waals surface area contributed by atoms with Crippen molar-refractivity contribution in [3.05, 3.63) is 28.2 Å². The highest BCUT2D eigenvalue weighted by Crippen LogP contribution is 2.35. The van der Waals surface area contributed by atoms with Crippen molar-refractivity contribution in [3.8, 4) is 0 Å². The second kappa shape index (κ2) is 4.68. The molecule has 14 heavy (non-hydrogen) atoms. The summed E-state index contributed by atoms with van der Waals surface area (Å²) in [6.45, 7) is -4.81. The van der Waals surface area contributed by atoms with Crippen LogP contribution in [0.4, 0.5) is 12.9 Å². The summed E-state index contributed by atoms with van der Waals surface area (Å²) in [6.07, 6.45) is 0. The monoisotopic (exact) mass is 259 g/mol. The summed E-state index contributed by atoms with van der Waals surface area (Å²) in [7, 11) is 0. The number of hydrogen-bond acceptors (Lipinski definition) is 1. The summed E-state index contributed by atoms with van der Waals surface area (Å²) in [6, 6.07) is 4.62. The van der Waals surface area contributed by atoms with E-state index >= 15 is 0 Å². The average Bonchev–Trinajstić information content (AvgIpc) is 2.01. The normalized spacial score (nSPS) is 11.8. The molecule has 0 saturated carbocycles. The van der Waals surface area contributed by atoms with Gasteiger partial charge in [0, 0.05) is 4.90 Å². The maximum absolute atomic E-state index is 12.0. The lowest BCUT2D eigenvalue weighted by molar-refractivity contribution is 0.485. The molecule has 1 aromatic carbocycles. The zero-order valence-electron chi connectivity index (χ0n) is 6.81. The maximum atomic E-state index is 12.0. The molecule has 0 aliphatic heterocycles. The highest BCUT2D eigenvalue weighted by molar-refractivity contribution is 8.01. The summed E-state index contributed by atoms with van der Waals surface area (Å²) in [5.41, 5.74) is -0.927. The van der Waals surface area contributed by atoms with Gasteiger partial charge < -0.3 is 12.9 Å². The first-order chi connectivity index (χ1) is 6.40. The van der Waals surface area contributed by atoms with E-state index in [9.17, 15) is 12.9 Å². The molecule has 0 aromatic heterocycles. The van der Waals surface area contributed by atoms with Crippen molar-refractivity contribution >= 4 is 41.9 Å². The fourth-order valence-electron chi connectivity index (χ4n) is 0.798. The Morgan fingerprint density at radius 3 is 2.07 bits per heavy atom. The van der Waals surface area contributed by atoms with Crippen LogP contribution in [0, 0.1) is 0 Å². The second-order valence-electron chi connectivity index (χ2n) is 2.57. The van der Waals surface area contributed by atoms with Gasteiger partial charge in [-0.3, -0.25) is 0 Å². The van der Waals surface area contributed by atoms with Crippen molar-refractivity contribution in [2.24, 2.45) is 0 Å². The van der Waals surface area contributed by atoms with Gasteiger partial charge >= 0.3 is 6.98 Å². The molecule has 0 unspecified atom stereocenters. The standard InChI is InChI=1S/C7H5BCl2F3S/c9-5-2-1-3-6(10)7(5)14-4-8(11,12)13/h1-3H,4H2/q-1. The molecule has 0 amide bonds. The largest absolute Gasteiger partial charge is 0.488 e. The second-order valence-corrected chi connectivity index (χ2v) is 4.42. The molecule has 0 atom stereocenters. The van der Waals surface area contributed by atoms with Gasteiger partial charge in [-0.15, -0.1) is 0 Å². The van der Waals surface area contributed by atoms with Crippen LogP contribution in [0.3, 0.4) is 0 Å². The van der Waals surface area contributed by atoms with Crippen molar-refractivity contribution in [1.82, 2.24) is 0 Å². The van der Waals surface area contributed by atoms with Crippen LogP contribution in [0.1, 0.15) is 0 Å². The highest BCUT2D eigenvalue weighted by atomic mass is 35.5. The molecule has 0 bridgehead atoms. The van der Waals surface area contributed by atoms with Gasteiger partial charge in [0.15, 0.2) is 0 Å². The van der Waals surface area contributed by atoms with Gasteiger partial charge in [0.05, 0.1) is 10.0 Å². The molecule has 0 heterocycles. The van der Waals surface area contributed by atoms with Crippen LogP contribution in [-0.2, 0) is 0 Å². The van der Waals surface area contributed by atoms with Crippen LogP contribution in [0.5, 0.6) is 0 Å².